The number of anilines is 1. The number of hydrogen-bond donors (Lipinski definition) is 1. The third-order valence-electron chi connectivity index (χ3n) is 5.36. The van der Waals surface area contributed by atoms with Gasteiger partial charge >= 0.3 is 5.97 Å². The average molecular weight is 420 g/mol. The van der Waals surface area contributed by atoms with Crippen LogP contribution in [0.4, 0.5) is 5.95 Å². The van der Waals surface area contributed by atoms with Gasteiger partial charge in [0.15, 0.2) is 0 Å². The number of nitrogens with zero attached hydrogens (tertiary/aromatic N) is 2. The van der Waals surface area contributed by atoms with E-state index in [0.29, 0.717) is 18.1 Å². The fourth-order valence-corrected chi connectivity index (χ4v) is 3.90. The van der Waals surface area contributed by atoms with Crippen LogP contribution in [0, 0.1) is 0 Å². The number of carbonyl (C=O) groups excluding carboxylic acids is 1. The van der Waals surface area contributed by atoms with Crippen LogP contribution in [0.5, 0.6) is 5.75 Å². The first-order valence-corrected chi connectivity index (χ1v) is 10.9. The van der Waals surface area contributed by atoms with E-state index in [1.807, 2.05) is 69.3 Å². The van der Waals surface area contributed by atoms with Crippen molar-refractivity contribution in [3.8, 4) is 5.75 Å². The van der Waals surface area contributed by atoms with Gasteiger partial charge in [-0.2, -0.15) is 0 Å². The molecule has 0 fully saturated rings. The summed E-state index contributed by atoms with van der Waals surface area (Å²) in [4.78, 5) is 17.9. The lowest BCUT2D eigenvalue weighted by Crippen LogP contribution is -2.29. The highest BCUT2D eigenvalue weighted by Gasteiger charge is 2.35. The number of nitrogens with one attached hydrogen (secondary N) is 1. The predicted molar refractivity (Wildman–Crippen MR) is 122 cm³/mol. The Labute approximate surface area is 182 Å². The highest BCUT2D eigenvalue weighted by Crippen LogP contribution is 2.40. The van der Waals surface area contributed by atoms with E-state index in [4.69, 9.17) is 14.5 Å². The molecule has 0 saturated carbocycles. The lowest BCUT2D eigenvalue weighted by molar-refractivity contribution is -0.143. The van der Waals surface area contributed by atoms with Crippen LogP contribution in [0.2, 0.25) is 0 Å². The third kappa shape index (κ3) is 4.15. The molecule has 0 radical (unpaired) electrons. The number of carbonyl (C=O) groups is 1. The lowest BCUT2D eigenvalue weighted by Gasteiger charge is -2.30. The first-order chi connectivity index (χ1) is 15.0. The number of imidazole rings is 1. The van der Waals surface area contributed by atoms with Gasteiger partial charge in [0.2, 0.25) is 5.95 Å². The zero-order chi connectivity index (χ0) is 22.0. The Balaban J connectivity index is 1.80. The van der Waals surface area contributed by atoms with Gasteiger partial charge in [0.05, 0.1) is 35.4 Å². The molecule has 1 aromatic heterocycles. The molecule has 31 heavy (non-hydrogen) atoms. The Bertz CT molecular complexity index is 1110. The minimum atomic E-state index is -0.348. The number of allylic oxidation sites excluding steroid dienone is 1. The van der Waals surface area contributed by atoms with Gasteiger partial charge in [-0.3, -0.25) is 4.57 Å². The number of para-hydroxylation sites is 2. The molecule has 3 aromatic rings. The molecule has 6 nitrogen and oxygen atoms in total. The molecule has 1 aliphatic heterocycles. The minimum Gasteiger partial charge on any atom is -0.494 e. The summed E-state index contributed by atoms with van der Waals surface area (Å²) in [7, 11) is 0. The molecule has 0 saturated heterocycles. The van der Waals surface area contributed by atoms with Gasteiger partial charge in [-0.05, 0) is 57.0 Å². The zero-order valence-corrected chi connectivity index (χ0v) is 18.5. The number of aromatic nitrogens is 2. The predicted octanol–water partition coefficient (Wildman–Crippen LogP) is 5.46. The second-order valence-corrected chi connectivity index (χ2v) is 8.09. The SMILES string of the molecule is CCCCOc1ccc(C2C(C(=O)OC(C)C)=C(C)Nc3nc4ccccc4n32)cc1. The van der Waals surface area contributed by atoms with Crippen LogP contribution in [0.3, 0.4) is 0 Å². The molecule has 2 aromatic carbocycles. The summed E-state index contributed by atoms with van der Waals surface area (Å²) in [6, 6.07) is 15.6. The van der Waals surface area contributed by atoms with Crippen LogP contribution in [0.25, 0.3) is 11.0 Å². The van der Waals surface area contributed by atoms with Crippen LogP contribution in [0.1, 0.15) is 52.1 Å². The van der Waals surface area contributed by atoms with Crippen molar-refractivity contribution in [1.82, 2.24) is 9.55 Å². The quantitative estimate of drug-likeness (QED) is 0.407. The largest absolute Gasteiger partial charge is 0.494 e. The van der Waals surface area contributed by atoms with Crippen LogP contribution < -0.4 is 10.1 Å². The van der Waals surface area contributed by atoms with E-state index < -0.39 is 0 Å². The second-order valence-electron chi connectivity index (χ2n) is 8.09. The molecule has 1 unspecified atom stereocenters. The van der Waals surface area contributed by atoms with Crippen molar-refractivity contribution in [2.75, 3.05) is 11.9 Å². The van der Waals surface area contributed by atoms with E-state index in [9.17, 15) is 4.79 Å². The summed E-state index contributed by atoms with van der Waals surface area (Å²) in [6.45, 7) is 8.46. The van der Waals surface area contributed by atoms with E-state index in [1.54, 1.807) is 0 Å². The van der Waals surface area contributed by atoms with Gasteiger partial charge in [-0.25, -0.2) is 9.78 Å². The van der Waals surface area contributed by atoms with Crippen LogP contribution in [0.15, 0.2) is 59.8 Å². The van der Waals surface area contributed by atoms with Gasteiger partial charge < -0.3 is 14.8 Å². The Morgan fingerprint density at radius 2 is 1.90 bits per heavy atom. The van der Waals surface area contributed by atoms with Gasteiger partial charge in [-0.1, -0.05) is 37.6 Å². The Morgan fingerprint density at radius 1 is 1.16 bits per heavy atom. The number of fused-ring (bicyclic) bond motifs is 3. The van der Waals surface area contributed by atoms with Crippen molar-refractivity contribution >= 4 is 23.0 Å². The first kappa shape index (κ1) is 21.0. The summed E-state index contributed by atoms with van der Waals surface area (Å²) in [5.74, 6) is 1.22. The van der Waals surface area contributed by atoms with Crippen LogP contribution in [-0.4, -0.2) is 28.2 Å². The van der Waals surface area contributed by atoms with Gasteiger partial charge in [0.25, 0.3) is 0 Å². The van der Waals surface area contributed by atoms with Crippen molar-refractivity contribution in [1.29, 1.82) is 0 Å². The standard InChI is InChI=1S/C25H29N3O3/c1-5-6-15-30-19-13-11-18(12-14-19)23-22(24(29)31-16(2)3)17(4)26-25-27-20-9-7-8-10-21(20)28(23)25/h7-14,16,23H,5-6,15H2,1-4H3,(H,26,27). The third-order valence-corrected chi connectivity index (χ3v) is 5.36. The normalized spacial score (nSPS) is 15.7. The van der Waals surface area contributed by atoms with Crippen LogP contribution >= 0.6 is 0 Å². The molecule has 1 atom stereocenters. The molecule has 1 aliphatic rings. The highest BCUT2D eigenvalue weighted by atomic mass is 16.5. The monoisotopic (exact) mass is 419 g/mol. The number of unbranched alkanes of at least 4 members (excludes halogenated alkanes) is 1. The first-order valence-electron chi connectivity index (χ1n) is 10.9. The summed E-state index contributed by atoms with van der Waals surface area (Å²) in [5.41, 5.74) is 4.15. The van der Waals surface area contributed by atoms with Gasteiger partial charge in [0, 0.05) is 5.70 Å². The van der Waals surface area contributed by atoms with E-state index >= 15 is 0 Å². The topological polar surface area (TPSA) is 65.4 Å². The molecular weight excluding hydrogens is 390 g/mol. The molecule has 0 aliphatic carbocycles. The molecule has 0 bridgehead atoms. The molecule has 0 spiro atoms. The number of rotatable bonds is 7. The summed E-state index contributed by atoms with van der Waals surface area (Å²) < 4.78 is 13.5. The number of ether oxygens (including phenoxy) is 2. The molecule has 0 amide bonds. The maximum absolute atomic E-state index is 13.1. The lowest BCUT2D eigenvalue weighted by atomic mass is 9.95. The van der Waals surface area contributed by atoms with Crippen molar-refractivity contribution in [2.24, 2.45) is 0 Å². The van der Waals surface area contributed by atoms with E-state index in [2.05, 4.69) is 16.8 Å². The fraction of sp³-hybridized carbons (Fsp3) is 0.360. The minimum absolute atomic E-state index is 0.205. The maximum atomic E-state index is 13.1. The second kappa shape index (κ2) is 8.84. The fourth-order valence-electron chi connectivity index (χ4n) is 3.90. The van der Waals surface area contributed by atoms with Crippen molar-refractivity contribution in [3.63, 3.8) is 0 Å². The van der Waals surface area contributed by atoms with Crippen molar-refractivity contribution in [2.45, 2.75) is 52.7 Å². The number of esters is 1. The molecule has 6 heteroatoms. The highest BCUT2D eigenvalue weighted by molar-refractivity contribution is 5.94. The number of benzene rings is 2. The molecular formula is C25H29N3O3. The Hall–Kier alpha value is -3.28. The smallest absolute Gasteiger partial charge is 0.338 e. The summed E-state index contributed by atoms with van der Waals surface area (Å²) >= 11 is 0. The van der Waals surface area contributed by atoms with E-state index in [-0.39, 0.29) is 18.1 Å². The maximum Gasteiger partial charge on any atom is 0.338 e. The van der Waals surface area contributed by atoms with E-state index in [0.717, 1.165) is 40.9 Å². The van der Waals surface area contributed by atoms with E-state index in [1.165, 1.54) is 0 Å². The average Bonchev–Trinajstić information content (AvgIpc) is 3.10. The molecule has 2 heterocycles. The number of hydrogen-bond acceptors (Lipinski definition) is 5. The summed E-state index contributed by atoms with van der Waals surface area (Å²) in [5, 5.41) is 3.30. The van der Waals surface area contributed by atoms with Crippen molar-refractivity contribution in [3.05, 3.63) is 65.4 Å². The molecule has 4 rings (SSSR count). The molecule has 1 N–H and O–H groups in total. The van der Waals surface area contributed by atoms with Gasteiger partial charge in [-0.15, -0.1) is 0 Å². The summed E-state index contributed by atoms with van der Waals surface area (Å²) in [6.07, 6.45) is 1.91. The Morgan fingerprint density at radius 3 is 2.61 bits per heavy atom. The Kier molecular flexibility index (Phi) is 5.98. The van der Waals surface area contributed by atoms with Crippen LogP contribution in [-0.2, 0) is 9.53 Å². The van der Waals surface area contributed by atoms with Gasteiger partial charge in [0.1, 0.15) is 5.75 Å². The zero-order valence-electron chi connectivity index (χ0n) is 18.5. The van der Waals surface area contributed by atoms with Crippen molar-refractivity contribution < 1.29 is 14.3 Å². The molecule has 162 valence electrons.